The van der Waals surface area contributed by atoms with Crippen molar-refractivity contribution in [3.05, 3.63) is 17.8 Å². The van der Waals surface area contributed by atoms with E-state index < -0.39 is 0 Å². The lowest BCUT2D eigenvalue weighted by atomic mass is 10.0. The Labute approximate surface area is 92.3 Å². The van der Waals surface area contributed by atoms with E-state index in [1.807, 2.05) is 6.20 Å². The molecular weight excluding hydrogens is 188 g/mol. The molecule has 0 amide bonds. The molecule has 0 aliphatic carbocycles. The van der Waals surface area contributed by atoms with Crippen LogP contribution in [0.5, 0.6) is 0 Å². The first-order chi connectivity index (χ1) is 7.27. The van der Waals surface area contributed by atoms with Crippen LogP contribution >= 0.6 is 0 Å². The third-order valence-electron chi connectivity index (χ3n) is 2.48. The van der Waals surface area contributed by atoms with Crippen molar-refractivity contribution in [1.82, 2.24) is 10.3 Å². The number of aromatic nitrogens is 1. The van der Waals surface area contributed by atoms with Crippen molar-refractivity contribution in [1.29, 1.82) is 0 Å². The van der Waals surface area contributed by atoms with E-state index in [2.05, 4.69) is 31.1 Å². The first-order valence-electron chi connectivity index (χ1n) is 5.93. The van der Waals surface area contributed by atoms with Gasteiger partial charge in [-0.1, -0.05) is 27.2 Å². The Morgan fingerprint density at radius 1 is 1.40 bits per heavy atom. The average molecular weight is 210 g/mol. The highest BCUT2D eigenvalue weighted by Crippen LogP contribution is 2.20. The van der Waals surface area contributed by atoms with Gasteiger partial charge in [-0.3, -0.25) is 0 Å². The summed E-state index contributed by atoms with van der Waals surface area (Å²) in [6.07, 6.45) is 5.35. The monoisotopic (exact) mass is 210 g/mol. The van der Waals surface area contributed by atoms with E-state index in [1.54, 1.807) is 0 Å². The third-order valence-corrected chi connectivity index (χ3v) is 2.48. The highest BCUT2D eigenvalue weighted by Gasteiger charge is 2.10. The summed E-state index contributed by atoms with van der Waals surface area (Å²) < 4.78 is 5.67. The summed E-state index contributed by atoms with van der Waals surface area (Å²) in [5.74, 6) is 2.31. The quantitative estimate of drug-likeness (QED) is 0.703. The van der Waals surface area contributed by atoms with Crippen LogP contribution in [-0.2, 0) is 6.54 Å². The fourth-order valence-corrected chi connectivity index (χ4v) is 1.58. The van der Waals surface area contributed by atoms with Gasteiger partial charge in [0.05, 0.1) is 12.7 Å². The van der Waals surface area contributed by atoms with Crippen LogP contribution in [0.2, 0.25) is 0 Å². The maximum atomic E-state index is 5.67. The van der Waals surface area contributed by atoms with Crippen LogP contribution in [0.1, 0.15) is 57.6 Å². The van der Waals surface area contributed by atoms with Gasteiger partial charge in [-0.15, -0.1) is 0 Å². The smallest absolute Gasteiger partial charge is 0.208 e. The Hall–Kier alpha value is -0.830. The SMILES string of the molecule is CCCNCc1ncc(C(C)CCC)o1. The van der Waals surface area contributed by atoms with Crippen LogP contribution in [0.4, 0.5) is 0 Å². The van der Waals surface area contributed by atoms with Gasteiger partial charge < -0.3 is 9.73 Å². The molecule has 1 aromatic heterocycles. The first kappa shape index (κ1) is 12.2. The molecule has 0 saturated carbocycles. The van der Waals surface area contributed by atoms with Crippen molar-refractivity contribution >= 4 is 0 Å². The van der Waals surface area contributed by atoms with Crippen molar-refractivity contribution in [2.45, 2.75) is 52.5 Å². The van der Waals surface area contributed by atoms with Gasteiger partial charge in [0.2, 0.25) is 5.89 Å². The number of hydrogen-bond donors (Lipinski definition) is 1. The van der Waals surface area contributed by atoms with Gasteiger partial charge in [0.25, 0.3) is 0 Å². The predicted molar refractivity (Wildman–Crippen MR) is 61.8 cm³/mol. The number of nitrogens with zero attached hydrogens (tertiary/aromatic N) is 1. The summed E-state index contributed by atoms with van der Waals surface area (Å²) in [5, 5.41) is 3.28. The lowest BCUT2D eigenvalue weighted by Crippen LogP contribution is -2.13. The van der Waals surface area contributed by atoms with Crippen LogP contribution in [0.3, 0.4) is 0 Å². The Morgan fingerprint density at radius 3 is 2.87 bits per heavy atom. The normalized spacial score (nSPS) is 13.0. The van der Waals surface area contributed by atoms with E-state index in [0.29, 0.717) is 5.92 Å². The van der Waals surface area contributed by atoms with Gasteiger partial charge in [0.15, 0.2) is 0 Å². The van der Waals surface area contributed by atoms with E-state index in [9.17, 15) is 0 Å². The fourth-order valence-electron chi connectivity index (χ4n) is 1.58. The molecule has 0 bridgehead atoms. The van der Waals surface area contributed by atoms with Crippen LogP contribution in [-0.4, -0.2) is 11.5 Å². The van der Waals surface area contributed by atoms with Crippen molar-refractivity contribution in [3.8, 4) is 0 Å². The highest BCUT2D eigenvalue weighted by atomic mass is 16.4. The predicted octanol–water partition coefficient (Wildman–Crippen LogP) is 3.08. The maximum absolute atomic E-state index is 5.67. The molecule has 0 fully saturated rings. The third kappa shape index (κ3) is 4.04. The van der Waals surface area contributed by atoms with Crippen molar-refractivity contribution in [2.24, 2.45) is 0 Å². The summed E-state index contributed by atoms with van der Waals surface area (Å²) in [6.45, 7) is 8.29. The molecule has 0 aliphatic heterocycles. The van der Waals surface area contributed by atoms with Gasteiger partial charge in [-0.25, -0.2) is 4.98 Å². The largest absolute Gasteiger partial charge is 0.444 e. The maximum Gasteiger partial charge on any atom is 0.208 e. The molecule has 0 aliphatic rings. The summed E-state index contributed by atoms with van der Waals surface area (Å²) in [4.78, 5) is 4.26. The standard InChI is InChI=1S/C12H22N2O/c1-4-6-10(3)11-8-14-12(15-11)9-13-7-5-2/h8,10,13H,4-7,9H2,1-3H3. The van der Waals surface area contributed by atoms with E-state index in [4.69, 9.17) is 4.42 Å². The van der Waals surface area contributed by atoms with Crippen LogP contribution < -0.4 is 5.32 Å². The second-order valence-corrected chi connectivity index (χ2v) is 4.02. The molecule has 15 heavy (non-hydrogen) atoms. The summed E-state index contributed by atoms with van der Waals surface area (Å²) in [6, 6.07) is 0. The topological polar surface area (TPSA) is 38.1 Å². The lowest BCUT2D eigenvalue weighted by molar-refractivity contribution is 0.408. The molecule has 1 unspecified atom stereocenters. The fraction of sp³-hybridized carbons (Fsp3) is 0.750. The van der Waals surface area contributed by atoms with Gasteiger partial charge in [-0.2, -0.15) is 0 Å². The molecule has 3 heteroatoms. The van der Waals surface area contributed by atoms with Crippen LogP contribution in [0, 0.1) is 0 Å². The molecule has 1 N–H and O–H groups in total. The summed E-state index contributed by atoms with van der Waals surface area (Å²) in [7, 11) is 0. The molecular formula is C12H22N2O. The van der Waals surface area contributed by atoms with Gasteiger partial charge in [0.1, 0.15) is 5.76 Å². The van der Waals surface area contributed by atoms with Gasteiger partial charge in [-0.05, 0) is 19.4 Å². The Kier molecular flexibility index (Phi) is 5.40. The van der Waals surface area contributed by atoms with E-state index in [1.165, 1.54) is 6.42 Å². The molecule has 0 spiro atoms. The molecule has 0 saturated heterocycles. The number of nitrogens with one attached hydrogen (secondary N) is 1. The summed E-state index contributed by atoms with van der Waals surface area (Å²) >= 11 is 0. The molecule has 1 aromatic rings. The van der Waals surface area contributed by atoms with E-state index in [0.717, 1.165) is 37.6 Å². The second kappa shape index (κ2) is 6.62. The van der Waals surface area contributed by atoms with Crippen molar-refractivity contribution in [3.63, 3.8) is 0 Å². The zero-order chi connectivity index (χ0) is 11.1. The minimum atomic E-state index is 0.488. The molecule has 0 aromatic carbocycles. The number of hydrogen-bond acceptors (Lipinski definition) is 3. The summed E-state index contributed by atoms with van der Waals surface area (Å²) in [5.41, 5.74) is 0. The minimum Gasteiger partial charge on any atom is -0.444 e. The van der Waals surface area contributed by atoms with E-state index >= 15 is 0 Å². The molecule has 0 radical (unpaired) electrons. The zero-order valence-corrected chi connectivity index (χ0v) is 10.0. The first-order valence-corrected chi connectivity index (χ1v) is 5.93. The van der Waals surface area contributed by atoms with Crippen molar-refractivity contribution < 1.29 is 4.42 Å². The average Bonchev–Trinajstić information content (AvgIpc) is 2.67. The van der Waals surface area contributed by atoms with Crippen LogP contribution in [0.25, 0.3) is 0 Å². The number of oxazole rings is 1. The second-order valence-electron chi connectivity index (χ2n) is 4.02. The Bertz CT molecular complexity index is 270. The number of rotatable bonds is 7. The van der Waals surface area contributed by atoms with Gasteiger partial charge in [0, 0.05) is 5.92 Å². The minimum absolute atomic E-state index is 0.488. The van der Waals surface area contributed by atoms with Crippen molar-refractivity contribution in [2.75, 3.05) is 6.54 Å². The molecule has 1 atom stereocenters. The molecule has 1 heterocycles. The molecule has 3 nitrogen and oxygen atoms in total. The Morgan fingerprint density at radius 2 is 2.20 bits per heavy atom. The van der Waals surface area contributed by atoms with Gasteiger partial charge >= 0.3 is 0 Å². The van der Waals surface area contributed by atoms with E-state index in [-0.39, 0.29) is 0 Å². The highest BCUT2D eigenvalue weighted by molar-refractivity contribution is 5.00. The Balaban J connectivity index is 2.41. The zero-order valence-electron chi connectivity index (χ0n) is 10.0. The molecule has 86 valence electrons. The van der Waals surface area contributed by atoms with Crippen LogP contribution in [0.15, 0.2) is 10.6 Å². The molecule has 1 rings (SSSR count). The lowest BCUT2D eigenvalue weighted by Gasteiger charge is -2.04.